The summed E-state index contributed by atoms with van der Waals surface area (Å²) < 4.78 is 5.24. The number of fused-ring (bicyclic) bond motifs is 1. The van der Waals surface area contributed by atoms with E-state index in [0.717, 1.165) is 10.9 Å². The zero-order valence-corrected chi connectivity index (χ0v) is 18.5. The first kappa shape index (κ1) is 23.1. The predicted molar refractivity (Wildman–Crippen MR) is 123 cm³/mol. The number of nitrogens with zero attached hydrogens (tertiary/aromatic N) is 1. The fraction of sp³-hybridized carbons (Fsp3) is 0.320. The Balaban J connectivity index is 1.99. The second kappa shape index (κ2) is 10.1. The fourth-order valence-corrected chi connectivity index (χ4v) is 3.82. The first-order valence-corrected chi connectivity index (χ1v) is 10.6. The Kier molecular flexibility index (Phi) is 7.30. The first-order valence-electron chi connectivity index (χ1n) is 10.6. The highest BCUT2D eigenvalue weighted by Crippen LogP contribution is 2.38. The molecule has 3 aromatic rings. The van der Waals surface area contributed by atoms with Crippen molar-refractivity contribution in [1.29, 1.82) is 0 Å². The monoisotopic (exact) mass is 435 g/mol. The van der Waals surface area contributed by atoms with Crippen LogP contribution >= 0.6 is 0 Å². The van der Waals surface area contributed by atoms with Crippen LogP contribution in [0.3, 0.4) is 0 Å². The Bertz CT molecular complexity index is 1100. The van der Waals surface area contributed by atoms with Crippen molar-refractivity contribution in [2.45, 2.75) is 38.6 Å². The van der Waals surface area contributed by atoms with Gasteiger partial charge in [0.15, 0.2) is 0 Å². The summed E-state index contributed by atoms with van der Waals surface area (Å²) in [6.45, 7) is 3.81. The van der Waals surface area contributed by atoms with Crippen LogP contribution in [0, 0.1) is 5.92 Å². The molecule has 2 aromatic carbocycles. The van der Waals surface area contributed by atoms with Crippen molar-refractivity contribution in [2.75, 3.05) is 7.11 Å². The SMILES string of the molecule is CC[C@H](C)[C@H](NC(=O)CC(c1ccc(OC)cc1)c1ccc2cccnc2c1O)C(N)=O. The summed E-state index contributed by atoms with van der Waals surface area (Å²) >= 11 is 0. The summed E-state index contributed by atoms with van der Waals surface area (Å²) in [6, 6.07) is 13.9. The quantitative estimate of drug-likeness (QED) is 0.476. The minimum atomic E-state index is -0.754. The zero-order chi connectivity index (χ0) is 23.3. The molecule has 2 amide bonds. The summed E-state index contributed by atoms with van der Waals surface area (Å²) in [5.41, 5.74) is 7.39. The maximum Gasteiger partial charge on any atom is 0.240 e. The number of hydrogen-bond donors (Lipinski definition) is 3. The topological polar surface area (TPSA) is 115 Å². The number of phenols is 1. The van der Waals surface area contributed by atoms with Crippen molar-refractivity contribution in [2.24, 2.45) is 11.7 Å². The number of aromatic hydroxyl groups is 1. The van der Waals surface area contributed by atoms with Gasteiger partial charge < -0.3 is 20.9 Å². The number of pyridine rings is 1. The number of ether oxygens (including phenoxy) is 1. The third kappa shape index (κ3) is 4.99. The molecule has 0 aliphatic heterocycles. The molecule has 0 aliphatic rings. The summed E-state index contributed by atoms with van der Waals surface area (Å²) in [4.78, 5) is 29.2. The van der Waals surface area contributed by atoms with Gasteiger partial charge in [-0.15, -0.1) is 0 Å². The van der Waals surface area contributed by atoms with Gasteiger partial charge in [0.25, 0.3) is 0 Å². The van der Waals surface area contributed by atoms with E-state index in [4.69, 9.17) is 10.5 Å². The highest BCUT2D eigenvalue weighted by Gasteiger charge is 2.27. The van der Waals surface area contributed by atoms with E-state index in [1.165, 1.54) is 0 Å². The van der Waals surface area contributed by atoms with Gasteiger partial charge in [-0.3, -0.25) is 14.6 Å². The van der Waals surface area contributed by atoms with Gasteiger partial charge >= 0.3 is 0 Å². The minimum absolute atomic E-state index is 0.0262. The minimum Gasteiger partial charge on any atom is -0.505 e. The van der Waals surface area contributed by atoms with Gasteiger partial charge in [-0.2, -0.15) is 0 Å². The predicted octanol–water partition coefficient (Wildman–Crippen LogP) is 3.49. The van der Waals surface area contributed by atoms with Crippen molar-refractivity contribution in [3.63, 3.8) is 0 Å². The number of hydrogen-bond acceptors (Lipinski definition) is 5. The van der Waals surface area contributed by atoms with Gasteiger partial charge in [-0.1, -0.05) is 50.6 Å². The molecular formula is C25H29N3O4. The molecule has 0 radical (unpaired) electrons. The Morgan fingerprint density at radius 1 is 1.16 bits per heavy atom. The molecule has 0 saturated carbocycles. The van der Waals surface area contributed by atoms with Crippen LogP contribution in [0.4, 0.5) is 0 Å². The smallest absolute Gasteiger partial charge is 0.240 e. The molecule has 32 heavy (non-hydrogen) atoms. The molecule has 3 atom stereocenters. The molecule has 0 spiro atoms. The van der Waals surface area contributed by atoms with Crippen molar-refractivity contribution < 1.29 is 19.4 Å². The van der Waals surface area contributed by atoms with Gasteiger partial charge in [0, 0.05) is 29.5 Å². The normalized spacial score (nSPS) is 13.8. The highest BCUT2D eigenvalue weighted by atomic mass is 16.5. The average Bonchev–Trinajstić information content (AvgIpc) is 2.81. The molecule has 1 aromatic heterocycles. The van der Waals surface area contributed by atoms with Crippen LogP contribution in [0.5, 0.6) is 11.5 Å². The average molecular weight is 436 g/mol. The Hall–Kier alpha value is -3.61. The van der Waals surface area contributed by atoms with Crippen LogP contribution < -0.4 is 15.8 Å². The van der Waals surface area contributed by atoms with Crippen LogP contribution in [0.25, 0.3) is 10.9 Å². The third-order valence-corrected chi connectivity index (χ3v) is 5.90. The number of carbonyl (C=O) groups is 2. The standard InChI is InChI=1S/C25H29N3O4/c1-4-15(2)22(25(26)31)28-21(29)14-20(16-7-10-18(32-3)11-8-16)19-12-9-17-6-5-13-27-23(17)24(19)30/h5-13,15,20,22,30H,4,14H2,1-3H3,(H2,26,31)(H,28,29)/t15-,20?,22-/m0/s1. The van der Waals surface area contributed by atoms with Gasteiger partial charge in [-0.25, -0.2) is 0 Å². The van der Waals surface area contributed by atoms with Crippen molar-refractivity contribution >= 4 is 22.7 Å². The highest BCUT2D eigenvalue weighted by molar-refractivity contribution is 5.88. The van der Waals surface area contributed by atoms with E-state index in [9.17, 15) is 14.7 Å². The number of nitrogens with one attached hydrogen (secondary N) is 1. The number of primary amides is 1. The number of benzene rings is 2. The maximum absolute atomic E-state index is 13.0. The number of rotatable bonds is 9. The van der Waals surface area contributed by atoms with Gasteiger partial charge in [0.05, 0.1) is 7.11 Å². The second-order valence-corrected chi connectivity index (χ2v) is 7.94. The van der Waals surface area contributed by atoms with Crippen LogP contribution in [-0.4, -0.2) is 35.1 Å². The molecule has 1 unspecified atom stereocenters. The lowest BCUT2D eigenvalue weighted by Crippen LogP contribution is -2.48. The summed E-state index contributed by atoms with van der Waals surface area (Å²) in [7, 11) is 1.58. The van der Waals surface area contributed by atoms with Crippen LogP contribution in [0.2, 0.25) is 0 Å². The lowest BCUT2D eigenvalue weighted by Gasteiger charge is -2.24. The zero-order valence-electron chi connectivity index (χ0n) is 18.5. The van der Waals surface area contributed by atoms with Crippen molar-refractivity contribution in [3.05, 3.63) is 65.9 Å². The van der Waals surface area contributed by atoms with E-state index in [0.29, 0.717) is 23.3 Å². The molecule has 3 rings (SSSR count). The van der Waals surface area contributed by atoms with E-state index in [-0.39, 0.29) is 24.0 Å². The lowest BCUT2D eigenvalue weighted by molar-refractivity contribution is -0.128. The molecule has 4 N–H and O–H groups in total. The van der Waals surface area contributed by atoms with E-state index in [2.05, 4.69) is 10.3 Å². The summed E-state index contributed by atoms with van der Waals surface area (Å²) in [5.74, 6) is -0.717. The number of amides is 2. The third-order valence-electron chi connectivity index (χ3n) is 5.90. The second-order valence-electron chi connectivity index (χ2n) is 7.94. The van der Waals surface area contributed by atoms with E-state index in [1.54, 1.807) is 19.4 Å². The van der Waals surface area contributed by atoms with Crippen LogP contribution in [0.1, 0.15) is 43.7 Å². The summed E-state index contributed by atoms with van der Waals surface area (Å²) in [5, 5.41) is 14.6. The Morgan fingerprint density at radius 2 is 1.88 bits per heavy atom. The van der Waals surface area contributed by atoms with Crippen molar-refractivity contribution in [1.82, 2.24) is 10.3 Å². The maximum atomic E-state index is 13.0. The fourth-order valence-electron chi connectivity index (χ4n) is 3.82. The van der Waals surface area contributed by atoms with Gasteiger partial charge in [-0.05, 0) is 29.7 Å². The number of aromatic nitrogens is 1. The Morgan fingerprint density at radius 3 is 2.50 bits per heavy atom. The van der Waals surface area contributed by atoms with Gasteiger partial charge in [0.1, 0.15) is 23.1 Å². The van der Waals surface area contributed by atoms with E-state index < -0.39 is 17.9 Å². The molecule has 0 saturated heterocycles. The number of nitrogens with two attached hydrogens (primary N) is 1. The van der Waals surface area contributed by atoms with E-state index in [1.807, 2.05) is 56.3 Å². The number of phenolic OH excluding ortho intramolecular Hbond substituents is 1. The summed E-state index contributed by atoms with van der Waals surface area (Å²) in [6.07, 6.45) is 2.34. The molecule has 7 nitrogen and oxygen atoms in total. The van der Waals surface area contributed by atoms with Crippen molar-refractivity contribution in [3.8, 4) is 11.5 Å². The lowest BCUT2D eigenvalue weighted by atomic mass is 9.86. The molecule has 0 fully saturated rings. The molecule has 0 bridgehead atoms. The molecule has 168 valence electrons. The Labute approximate surface area is 187 Å². The first-order chi connectivity index (χ1) is 15.3. The van der Waals surface area contributed by atoms with Crippen LogP contribution in [-0.2, 0) is 9.59 Å². The number of carbonyl (C=O) groups excluding carboxylic acids is 2. The van der Waals surface area contributed by atoms with Gasteiger partial charge in [0.2, 0.25) is 11.8 Å². The molecule has 0 aliphatic carbocycles. The molecular weight excluding hydrogens is 406 g/mol. The largest absolute Gasteiger partial charge is 0.505 e. The molecule has 1 heterocycles. The van der Waals surface area contributed by atoms with E-state index >= 15 is 0 Å². The molecule has 7 heteroatoms. The van der Waals surface area contributed by atoms with Crippen LogP contribution in [0.15, 0.2) is 54.7 Å². The number of methoxy groups -OCH3 is 1.